The van der Waals surface area contributed by atoms with E-state index in [-0.39, 0.29) is 0 Å². The van der Waals surface area contributed by atoms with Gasteiger partial charge in [-0.05, 0) is 18.2 Å². The van der Waals surface area contributed by atoms with Gasteiger partial charge in [0.15, 0.2) is 5.16 Å². The van der Waals surface area contributed by atoms with Gasteiger partial charge in [0.25, 0.3) is 0 Å². The highest BCUT2D eigenvalue weighted by molar-refractivity contribution is 7.98. The maximum Gasteiger partial charge on any atom is 0.191 e. The van der Waals surface area contributed by atoms with Crippen LogP contribution in [-0.2, 0) is 12.8 Å². The molecule has 108 valence electrons. The lowest BCUT2D eigenvalue weighted by molar-refractivity contribution is 0.415. The van der Waals surface area contributed by atoms with Crippen molar-refractivity contribution in [2.75, 3.05) is 7.11 Å². The first-order valence-corrected chi connectivity index (χ1v) is 7.63. The topological polar surface area (TPSA) is 52.8 Å². The van der Waals surface area contributed by atoms with Crippen LogP contribution in [0.3, 0.4) is 0 Å². The zero-order valence-corrected chi connectivity index (χ0v) is 13.1. The Morgan fingerprint density at radius 1 is 1.33 bits per heavy atom. The standard InChI is InChI=1S/C14H13ClN4OS/c1-19-8-16-18-14(19)21-7-10-5-9-3-4-11(20-2)6-12(9)17-13(10)15/h3-6,8H,7H2,1-2H3. The third-order valence-electron chi connectivity index (χ3n) is 3.08. The molecular weight excluding hydrogens is 308 g/mol. The number of thioether (sulfide) groups is 1. The first kappa shape index (κ1) is 14.2. The number of benzene rings is 1. The fourth-order valence-electron chi connectivity index (χ4n) is 1.94. The molecule has 3 rings (SSSR count). The SMILES string of the molecule is COc1ccc2cc(CSc3nncn3C)c(Cl)nc2c1. The lowest BCUT2D eigenvalue weighted by atomic mass is 10.1. The van der Waals surface area contributed by atoms with Crippen molar-refractivity contribution in [1.29, 1.82) is 0 Å². The van der Waals surface area contributed by atoms with Gasteiger partial charge in [0.05, 0.1) is 12.6 Å². The van der Waals surface area contributed by atoms with Gasteiger partial charge in [0.1, 0.15) is 17.2 Å². The summed E-state index contributed by atoms with van der Waals surface area (Å²) in [4.78, 5) is 4.44. The highest BCUT2D eigenvalue weighted by Gasteiger charge is 2.09. The molecule has 5 nitrogen and oxygen atoms in total. The molecule has 2 heterocycles. The van der Waals surface area contributed by atoms with E-state index in [0.717, 1.165) is 27.4 Å². The monoisotopic (exact) mass is 320 g/mol. The molecule has 0 spiro atoms. The van der Waals surface area contributed by atoms with Crippen molar-refractivity contribution in [3.05, 3.63) is 41.3 Å². The maximum atomic E-state index is 6.27. The van der Waals surface area contributed by atoms with Crippen LogP contribution in [0.1, 0.15) is 5.56 Å². The maximum absolute atomic E-state index is 6.27. The molecule has 0 saturated carbocycles. The van der Waals surface area contributed by atoms with Crippen molar-refractivity contribution in [2.45, 2.75) is 10.9 Å². The number of nitrogens with zero attached hydrogens (tertiary/aromatic N) is 4. The Morgan fingerprint density at radius 3 is 2.90 bits per heavy atom. The average molecular weight is 321 g/mol. The van der Waals surface area contributed by atoms with Crippen LogP contribution in [0.4, 0.5) is 0 Å². The van der Waals surface area contributed by atoms with E-state index in [4.69, 9.17) is 16.3 Å². The quantitative estimate of drug-likeness (QED) is 0.545. The minimum atomic E-state index is 0.505. The van der Waals surface area contributed by atoms with E-state index in [1.165, 1.54) is 0 Å². The Labute approximate surface area is 131 Å². The number of hydrogen-bond donors (Lipinski definition) is 0. The van der Waals surface area contributed by atoms with Crippen LogP contribution in [0, 0.1) is 0 Å². The van der Waals surface area contributed by atoms with E-state index in [1.54, 1.807) is 25.2 Å². The van der Waals surface area contributed by atoms with Crippen LogP contribution >= 0.6 is 23.4 Å². The molecule has 0 N–H and O–H groups in total. The van der Waals surface area contributed by atoms with E-state index in [2.05, 4.69) is 15.2 Å². The number of aryl methyl sites for hydroxylation is 1. The second-order valence-electron chi connectivity index (χ2n) is 4.51. The zero-order chi connectivity index (χ0) is 14.8. The number of methoxy groups -OCH3 is 1. The van der Waals surface area contributed by atoms with Gasteiger partial charge in [0, 0.05) is 29.8 Å². The third kappa shape index (κ3) is 2.96. The Balaban J connectivity index is 1.88. The molecule has 3 aromatic rings. The average Bonchev–Trinajstić information content (AvgIpc) is 2.90. The molecule has 0 saturated heterocycles. The van der Waals surface area contributed by atoms with Gasteiger partial charge >= 0.3 is 0 Å². The molecule has 1 aromatic carbocycles. The van der Waals surface area contributed by atoms with E-state index < -0.39 is 0 Å². The summed E-state index contributed by atoms with van der Waals surface area (Å²) in [6, 6.07) is 7.82. The molecular formula is C14H13ClN4OS. The summed E-state index contributed by atoms with van der Waals surface area (Å²) in [7, 11) is 3.55. The number of pyridine rings is 1. The highest BCUT2D eigenvalue weighted by atomic mass is 35.5. The minimum absolute atomic E-state index is 0.505. The van der Waals surface area contributed by atoms with Crippen molar-refractivity contribution in [1.82, 2.24) is 19.7 Å². The summed E-state index contributed by atoms with van der Waals surface area (Å²) in [5.41, 5.74) is 1.80. The summed E-state index contributed by atoms with van der Waals surface area (Å²) < 4.78 is 7.07. The predicted octanol–water partition coefficient (Wildman–Crippen LogP) is 3.32. The molecule has 0 unspecified atom stereocenters. The Hall–Kier alpha value is -1.79. The van der Waals surface area contributed by atoms with Gasteiger partial charge in [-0.3, -0.25) is 0 Å². The van der Waals surface area contributed by atoms with Crippen LogP contribution in [-0.4, -0.2) is 26.9 Å². The second-order valence-corrected chi connectivity index (χ2v) is 5.81. The molecule has 0 aliphatic rings. The molecule has 0 aliphatic heterocycles. The molecule has 21 heavy (non-hydrogen) atoms. The Morgan fingerprint density at radius 2 is 2.19 bits per heavy atom. The van der Waals surface area contributed by atoms with Crippen molar-refractivity contribution in [3.8, 4) is 5.75 Å². The molecule has 0 aliphatic carbocycles. The van der Waals surface area contributed by atoms with Crippen molar-refractivity contribution in [3.63, 3.8) is 0 Å². The van der Waals surface area contributed by atoms with Gasteiger partial charge in [-0.1, -0.05) is 23.4 Å². The van der Waals surface area contributed by atoms with E-state index in [9.17, 15) is 0 Å². The van der Waals surface area contributed by atoms with Crippen molar-refractivity contribution in [2.24, 2.45) is 7.05 Å². The number of halogens is 1. The third-order valence-corrected chi connectivity index (χ3v) is 4.49. The molecule has 7 heteroatoms. The van der Waals surface area contributed by atoms with Crippen LogP contribution in [0.2, 0.25) is 5.15 Å². The Kier molecular flexibility index (Phi) is 3.98. The minimum Gasteiger partial charge on any atom is -0.497 e. The van der Waals surface area contributed by atoms with Gasteiger partial charge in [-0.15, -0.1) is 10.2 Å². The second kappa shape index (κ2) is 5.91. The zero-order valence-electron chi connectivity index (χ0n) is 11.6. The molecule has 0 radical (unpaired) electrons. The van der Waals surface area contributed by atoms with Crippen LogP contribution in [0.5, 0.6) is 5.75 Å². The molecule has 0 fully saturated rings. The van der Waals surface area contributed by atoms with Gasteiger partial charge in [0.2, 0.25) is 0 Å². The van der Waals surface area contributed by atoms with Crippen molar-refractivity contribution < 1.29 is 4.74 Å². The summed E-state index contributed by atoms with van der Waals surface area (Å²) in [6.45, 7) is 0. The van der Waals surface area contributed by atoms with Gasteiger partial charge in [-0.2, -0.15) is 0 Å². The first-order valence-electron chi connectivity index (χ1n) is 6.27. The lowest BCUT2D eigenvalue weighted by Gasteiger charge is -2.07. The number of hydrogen-bond acceptors (Lipinski definition) is 5. The predicted molar refractivity (Wildman–Crippen MR) is 83.9 cm³/mol. The summed E-state index contributed by atoms with van der Waals surface area (Å²) in [5.74, 6) is 1.47. The summed E-state index contributed by atoms with van der Waals surface area (Å²) in [5, 5.41) is 10.3. The van der Waals surface area contributed by atoms with E-state index >= 15 is 0 Å². The van der Waals surface area contributed by atoms with E-state index in [1.807, 2.05) is 35.9 Å². The largest absolute Gasteiger partial charge is 0.497 e. The fraction of sp³-hybridized carbons (Fsp3) is 0.214. The summed E-state index contributed by atoms with van der Waals surface area (Å²) in [6.07, 6.45) is 1.68. The van der Waals surface area contributed by atoms with Crippen LogP contribution in [0.15, 0.2) is 35.7 Å². The molecule has 2 aromatic heterocycles. The fourth-order valence-corrected chi connectivity index (χ4v) is 3.09. The Bertz CT molecular complexity index is 790. The normalized spacial score (nSPS) is 11.0. The molecule has 0 atom stereocenters. The molecule has 0 bridgehead atoms. The van der Waals surface area contributed by atoms with Crippen LogP contribution < -0.4 is 4.74 Å². The van der Waals surface area contributed by atoms with E-state index in [0.29, 0.717) is 10.9 Å². The number of rotatable bonds is 4. The smallest absolute Gasteiger partial charge is 0.191 e. The highest BCUT2D eigenvalue weighted by Crippen LogP contribution is 2.28. The number of aromatic nitrogens is 4. The molecule has 0 amide bonds. The number of ether oxygens (including phenoxy) is 1. The van der Waals surface area contributed by atoms with Gasteiger partial charge in [-0.25, -0.2) is 4.98 Å². The van der Waals surface area contributed by atoms with Crippen LogP contribution in [0.25, 0.3) is 10.9 Å². The van der Waals surface area contributed by atoms with Crippen molar-refractivity contribution >= 4 is 34.3 Å². The summed E-state index contributed by atoms with van der Waals surface area (Å²) >= 11 is 7.85. The number of fused-ring (bicyclic) bond motifs is 1. The van der Waals surface area contributed by atoms with Gasteiger partial charge < -0.3 is 9.30 Å². The first-order chi connectivity index (χ1) is 10.2. The lowest BCUT2D eigenvalue weighted by Crippen LogP contribution is -1.93.